The Balaban J connectivity index is 1.47. The lowest BCUT2D eigenvalue weighted by Crippen LogP contribution is -2.34. The third-order valence-electron chi connectivity index (χ3n) is 7.19. The van der Waals surface area contributed by atoms with E-state index in [-0.39, 0.29) is 12.2 Å². The van der Waals surface area contributed by atoms with Gasteiger partial charge in [0.15, 0.2) is 6.29 Å². The zero-order valence-electron chi connectivity index (χ0n) is 24.8. The van der Waals surface area contributed by atoms with Gasteiger partial charge in [0.25, 0.3) is 12.6 Å². The Morgan fingerprint density at radius 3 is 1.98 bits per heavy atom. The molecule has 0 amide bonds. The molecule has 224 valence electrons. The van der Waals surface area contributed by atoms with E-state index in [1.54, 1.807) is 27.7 Å². The van der Waals surface area contributed by atoms with Gasteiger partial charge in [0.1, 0.15) is 0 Å². The van der Waals surface area contributed by atoms with Crippen molar-refractivity contribution in [3.05, 3.63) is 47.5 Å². The summed E-state index contributed by atoms with van der Waals surface area (Å²) in [5, 5.41) is 0. The second-order valence-corrected chi connectivity index (χ2v) is 11.4. The van der Waals surface area contributed by atoms with Crippen LogP contribution < -0.4 is 0 Å². The van der Waals surface area contributed by atoms with Crippen LogP contribution >= 0.6 is 0 Å². The third-order valence-corrected chi connectivity index (χ3v) is 7.19. The molecule has 0 N–H and O–H groups in total. The molecule has 0 bridgehead atoms. The van der Waals surface area contributed by atoms with Crippen molar-refractivity contribution in [3.63, 3.8) is 0 Å². The Bertz CT molecular complexity index is 885. The first-order valence-corrected chi connectivity index (χ1v) is 15.0. The number of rotatable bonds is 13. The van der Waals surface area contributed by atoms with Crippen molar-refractivity contribution >= 4 is 12.3 Å². The number of aryl methyl sites for hydroxylation is 1. The summed E-state index contributed by atoms with van der Waals surface area (Å²) in [6.07, 6.45) is 11.4. The van der Waals surface area contributed by atoms with Crippen LogP contribution in [-0.4, -0.2) is 37.1 Å². The summed E-state index contributed by atoms with van der Waals surface area (Å²) < 4.78 is 32.0. The Morgan fingerprint density at radius 2 is 1.45 bits per heavy atom. The molecular formula is C32H48O8. The minimum Gasteiger partial charge on any atom is -0.432 e. The van der Waals surface area contributed by atoms with Gasteiger partial charge in [-0.3, -0.25) is 0 Å². The Hall–Kier alpha value is -2.58. The number of unbranched alkanes of at least 4 members (excludes halogenated alkanes) is 2. The van der Waals surface area contributed by atoms with E-state index < -0.39 is 31.2 Å². The van der Waals surface area contributed by atoms with Gasteiger partial charge < -0.3 is 28.4 Å². The van der Waals surface area contributed by atoms with E-state index in [0.29, 0.717) is 5.56 Å². The van der Waals surface area contributed by atoms with E-state index in [1.165, 1.54) is 56.9 Å². The van der Waals surface area contributed by atoms with Gasteiger partial charge in [-0.2, -0.15) is 0 Å². The van der Waals surface area contributed by atoms with Crippen LogP contribution in [0.3, 0.4) is 0 Å². The normalized spacial score (nSPS) is 23.6. The lowest BCUT2D eigenvalue weighted by Gasteiger charge is -2.26. The predicted molar refractivity (Wildman–Crippen MR) is 151 cm³/mol. The Kier molecular flexibility index (Phi) is 13.3. The fourth-order valence-corrected chi connectivity index (χ4v) is 5.09. The van der Waals surface area contributed by atoms with E-state index in [2.05, 4.69) is 19.1 Å². The van der Waals surface area contributed by atoms with Crippen molar-refractivity contribution < 1.29 is 38.0 Å². The summed E-state index contributed by atoms with van der Waals surface area (Å²) in [7, 11) is 0. The molecule has 1 aromatic carbocycles. The highest BCUT2D eigenvalue weighted by atomic mass is 16.9. The van der Waals surface area contributed by atoms with Crippen LogP contribution in [0.1, 0.15) is 110 Å². The molecule has 0 radical (unpaired) electrons. The number of benzene rings is 1. The molecule has 0 unspecified atom stereocenters. The summed E-state index contributed by atoms with van der Waals surface area (Å²) in [5.74, 6) is 1.66. The zero-order valence-corrected chi connectivity index (χ0v) is 24.8. The first-order valence-electron chi connectivity index (χ1n) is 15.0. The van der Waals surface area contributed by atoms with E-state index in [0.717, 1.165) is 24.7 Å². The van der Waals surface area contributed by atoms with Crippen molar-refractivity contribution in [2.45, 2.75) is 130 Å². The first kappa shape index (κ1) is 31.9. The average Bonchev–Trinajstić information content (AvgIpc) is 3.28. The molecule has 1 aliphatic heterocycles. The molecule has 2 atom stereocenters. The minimum atomic E-state index is -1.30. The Labute approximate surface area is 239 Å². The average molecular weight is 561 g/mol. The molecule has 1 saturated carbocycles. The third kappa shape index (κ3) is 11.1. The largest absolute Gasteiger partial charge is 0.511 e. The van der Waals surface area contributed by atoms with Gasteiger partial charge in [-0.05, 0) is 83.6 Å². The molecule has 1 aromatic rings. The summed E-state index contributed by atoms with van der Waals surface area (Å²) >= 11 is 0. The predicted octanol–water partition coefficient (Wildman–Crippen LogP) is 8.38. The van der Waals surface area contributed by atoms with Crippen LogP contribution in [0.15, 0.2) is 36.4 Å². The smallest absolute Gasteiger partial charge is 0.432 e. The molecule has 8 nitrogen and oxygen atoms in total. The van der Waals surface area contributed by atoms with Crippen molar-refractivity contribution in [2.75, 3.05) is 0 Å². The van der Waals surface area contributed by atoms with E-state index >= 15 is 0 Å². The second kappa shape index (κ2) is 16.6. The van der Waals surface area contributed by atoms with Gasteiger partial charge in [-0.25, -0.2) is 9.59 Å². The minimum absolute atomic E-state index is 0.381. The molecule has 40 heavy (non-hydrogen) atoms. The van der Waals surface area contributed by atoms with E-state index in [9.17, 15) is 9.59 Å². The van der Waals surface area contributed by atoms with Gasteiger partial charge in [0.05, 0.1) is 12.2 Å². The summed E-state index contributed by atoms with van der Waals surface area (Å²) in [6.45, 7) is 9.06. The highest BCUT2D eigenvalue weighted by Crippen LogP contribution is 2.34. The van der Waals surface area contributed by atoms with Crippen LogP contribution in [0.4, 0.5) is 9.59 Å². The number of carbonyl (C=O) groups is 2. The number of allylic oxidation sites excluding steroid dienone is 2. The summed E-state index contributed by atoms with van der Waals surface area (Å²) in [4.78, 5) is 24.1. The van der Waals surface area contributed by atoms with Crippen LogP contribution in [0.2, 0.25) is 0 Å². The monoisotopic (exact) mass is 560 g/mol. The molecule has 2 aliphatic rings. The SMILES string of the molecule is CCCCCC1CCC(/C=C/CCc2ccc(C3O[C@H](OC(=O)OC(C)C)[C@@H](OC(=O)OC(C)C)O3)cc2)CC1. The van der Waals surface area contributed by atoms with Gasteiger partial charge >= 0.3 is 12.3 Å². The van der Waals surface area contributed by atoms with Crippen LogP contribution in [0.25, 0.3) is 0 Å². The Morgan fingerprint density at radius 1 is 0.875 bits per heavy atom. The lowest BCUT2D eigenvalue weighted by molar-refractivity contribution is -0.163. The highest BCUT2D eigenvalue weighted by Gasteiger charge is 2.43. The van der Waals surface area contributed by atoms with Gasteiger partial charge in [0, 0.05) is 5.56 Å². The number of carbonyl (C=O) groups excluding carboxylic acids is 2. The number of hydrogen-bond acceptors (Lipinski definition) is 8. The van der Waals surface area contributed by atoms with Crippen LogP contribution in [0.5, 0.6) is 0 Å². The standard InChI is InChI=1S/C32H48O8/c1-6-7-8-11-24-14-16-25(17-15-24)12-9-10-13-26-18-20-27(21-19-26)28-37-29(39-31(33)35-22(2)3)30(38-28)40-32(34)36-23(4)5/h9,12,18-25,28-30H,6-8,10-11,13-17H2,1-5H3/b12-9+/t24?,25?,29-,30-/m1/s1. The quantitative estimate of drug-likeness (QED) is 0.135. The van der Waals surface area contributed by atoms with Gasteiger partial charge in [0.2, 0.25) is 0 Å². The molecular weight excluding hydrogens is 512 g/mol. The number of hydrogen-bond donors (Lipinski definition) is 0. The molecule has 1 saturated heterocycles. The lowest BCUT2D eigenvalue weighted by atomic mass is 9.79. The van der Waals surface area contributed by atoms with Crippen molar-refractivity contribution in [1.82, 2.24) is 0 Å². The first-order chi connectivity index (χ1) is 19.2. The summed E-state index contributed by atoms with van der Waals surface area (Å²) in [6, 6.07) is 7.87. The zero-order chi connectivity index (χ0) is 28.9. The maximum absolute atomic E-state index is 12.0. The fourth-order valence-electron chi connectivity index (χ4n) is 5.09. The molecule has 2 fully saturated rings. The van der Waals surface area contributed by atoms with Crippen LogP contribution in [-0.2, 0) is 34.8 Å². The van der Waals surface area contributed by atoms with Crippen molar-refractivity contribution in [1.29, 1.82) is 0 Å². The van der Waals surface area contributed by atoms with E-state index in [4.69, 9.17) is 28.4 Å². The maximum atomic E-state index is 12.0. The van der Waals surface area contributed by atoms with Crippen LogP contribution in [0, 0.1) is 11.8 Å². The molecule has 0 aromatic heterocycles. The highest BCUT2D eigenvalue weighted by molar-refractivity contribution is 5.61. The summed E-state index contributed by atoms with van der Waals surface area (Å²) in [5.41, 5.74) is 1.91. The molecule has 1 heterocycles. The molecule has 1 aliphatic carbocycles. The van der Waals surface area contributed by atoms with Gasteiger partial charge in [-0.1, -0.05) is 69.0 Å². The fraction of sp³-hybridized carbons (Fsp3) is 0.688. The maximum Gasteiger partial charge on any atom is 0.511 e. The molecule has 8 heteroatoms. The van der Waals surface area contributed by atoms with E-state index in [1.807, 2.05) is 24.3 Å². The molecule has 3 rings (SSSR count). The van der Waals surface area contributed by atoms with Crippen molar-refractivity contribution in [3.8, 4) is 0 Å². The van der Waals surface area contributed by atoms with Crippen molar-refractivity contribution in [2.24, 2.45) is 11.8 Å². The topological polar surface area (TPSA) is 89.5 Å². The molecule has 0 spiro atoms. The van der Waals surface area contributed by atoms with Gasteiger partial charge in [-0.15, -0.1) is 0 Å². The number of ether oxygens (including phenoxy) is 6. The second-order valence-electron chi connectivity index (χ2n) is 11.4.